The van der Waals surface area contributed by atoms with Gasteiger partial charge < -0.3 is 19.7 Å². The number of hydrogen-bond acceptors (Lipinski definition) is 4. The maximum atomic E-state index is 12.1. The molecule has 0 aromatic heterocycles. The quantitative estimate of drug-likeness (QED) is 0.765. The van der Waals surface area contributed by atoms with Gasteiger partial charge in [-0.25, -0.2) is 0 Å². The Labute approximate surface area is 108 Å². The molecule has 0 bridgehead atoms. The first-order valence-corrected chi connectivity index (χ1v) is 5.95. The van der Waals surface area contributed by atoms with E-state index in [1.165, 1.54) is 0 Å². The third kappa shape index (κ3) is 4.10. The second kappa shape index (κ2) is 7.16. The number of amides is 1. The Hall–Kier alpha value is -0.360. The smallest absolute Gasteiger partial charge is 0.224 e. The average molecular weight is 265 g/mol. The van der Waals surface area contributed by atoms with Crippen LogP contribution in [0.4, 0.5) is 0 Å². The molecule has 17 heavy (non-hydrogen) atoms. The summed E-state index contributed by atoms with van der Waals surface area (Å²) in [6.07, 6.45) is 0.532. The van der Waals surface area contributed by atoms with Crippen LogP contribution in [0.15, 0.2) is 0 Å². The SMILES string of the molecule is CC1COCCN1C(=O)CC1COCCN1.Cl. The van der Waals surface area contributed by atoms with Crippen molar-refractivity contribution in [2.24, 2.45) is 0 Å². The fraction of sp³-hybridized carbons (Fsp3) is 0.909. The number of ether oxygens (including phenoxy) is 2. The standard InChI is InChI=1S/C11H20N2O3.ClH/c1-9-7-16-5-3-13(9)11(14)6-10-8-15-4-2-12-10;/h9-10,12H,2-8H2,1H3;1H. The number of nitrogens with one attached hydrogen (secondary N) is 1. The van der Waals surface area contributed by atoms with E-state index in [0.29, 0.717) is 32.8 Å². The van der Waals surface area contributed by atoms with Gasteiger partial charge in [-0.15, -0.1) is 12.4 Å². The van der Waals surface area contributed by atoms with Crippen LogP contribution in [-0.2, 0) is 14.3 Å². The summed E-state index contributed by atoms with van der Waals surface area (Å²) >= 11 is 0. The van der Waals surface area contributed by atoms with Crippen molar-refractivity contribution < 1.29 is 14.3 Å². The third-order valence-corrected chi connectivity index (χ3v) is 3.11. The van der Waals surface area contributed by atoms with Crippen LogP contribution >= 0.6 is 12.4 Å². The molecule has 0 spiro atoms. The van der Waals surface area contributed by atoms with Crippen molar-refractivity contribution in [3.8, 4) is 0 Å². The molecule has 2 saturated heterocycles. The van der Waals surface area contributed by atoms with Crippen LogP contribution in [0.3, 0.4) is 0 Å². The molecular formula is C11H21ClN2O3. The minimum absolute atomic E-state index is 0. The summed E-state index contributed by atoms with van der Waals surface area (Å²) in [4.78, 5) is 14.0. The minimum atomic E-state index is 0. The molecule has 2 aliphatic heterocycles. The lowest BCUT2D eigenvalue weighted by atomic mass is 10.1. The van der Waals surface area contributed by atoms with Crippen LogP contribution in [0.5, 0.6) is 0 Å². The van der Waals surface area contributed by atoms with E-state index >= 15 is 0 Å². The predicted molar refractivity (Wildman–Crippen MR) is 66.5 cm³/mol. The van der Waals surface area contributed by atoms with Gasteiger partial charge in [-0.2, -0.15) is 0 Å². The zero-order valence-electron chi connectivity index (χ0n) is 10.2. The summed E-state index contributed by atoms with van der Waals surface area (Å²) in [5.41, 5.74) is 0. The first-order valence-electron chi connectivity index (χ1n) is 5.95. The number of carbonyl (C=O) groups excluding carboxylic acids is 1. The Morgan fingerprint density at radius 1 is 1.35 bits per heavy atom. The molecule has 0 radical (unpaired) electrons. The zero-order valence-corrected chi connectivity index (χ0v) is 11.0. The number of morpholine rings is 2. The minimum Gasteiger partial charge on any atom is -0.378 e. The van der Waals surface area contributed by atoms with E-state index in [9.17, 15) is 4.79 Å². The van der Waals surface area contributed by atoms with Crippen LogP contribution in [0, 0.1) is 0 Å². The molecule has 2 aliphatic rings. The van der Waals surface area contributed by atoms with Gasteiger partial charge in [-0.05, 0) is 6.92 Å². The monoisotopic (exact) mass is 264 g/mol. The van der Waals surface area contributed by atoms with E-state index in [1.807, 2.05) is 11.8 Å². The number of hydrogen-bond donors (Lipinski definition) is 1. The summed E-state index contributed by atoms with van der Waals surface area (Å²) in [6.45, 7) is 6.29. The maximum absolute atomic E-state index is 12.1. The molecule has 0 aliphatic carbocycles. The number of carbonyl (C=O) groups is 1. The van der Waals surface area contributed by atoms with Gasteiger partial charge in [0.2, 0.25) is 5.91 Å². The van der Waals surface area contributed by atoms with Gasteiger partial charge in [0.15, 0.2) is 0 Å². The van der Waals surface area contributed by atoms with Crippen molar-refractivity contribution in [1.82, 2.24) is 10.2 Å². The van der Waals surface area contributed by atoms with E-state index in [1.54, 1.807) is 0 Å². The van der Waals surface area contributed by atoms with E-state index in [4.69, 9.17) is 9.47 Å². The number of halogens is 1. The summed E-state index contributed by atoms with van der Waals surface area (Å²) in [7, 11) is 0. The van der Waals surface area contributed by atoms with Crippen LogP contribution in [0.2, 0.25) is 0 Å². The molecule has 2 rings (SSSR count). The first-order chi connectivity index (χ1) is 7.77. The van der Waals surface area contributed by atoms with E-state index in [2.05, 4.69) is 5.32 Å². The Kier molecular flexibility index (Phi) is 6.19. The molecule has 2 unspecified atom stereocenters. The summed E-state index contributed by atoms with van der Waals surface area (Å²) in [5.74, 6) is 0.207. The second-order valence-corrected chi connectivity index (χ2v) is 4.44. The molecular weight excluding hydrogens is 244 g/mol. The van der Waals surface area contributed by atoms with Gasteiger partial charge >= 0.3 is 0 Å². The Morgan fingerprint density at radius 2 is 2.12 bits per heavy atom. The van der Waals surface area contributed by atoms with Gasteiger partial charge in [0.05, 0.1) is 32.5 Å². The molecule has 0 aromatic rings. The van der Waals surface area contributed by atoms with Crippen molar-refractivity contribution in [3.05, 3.63) is 0 Å². The maximum Gasteiger partial charge on any atom is 0.224 e. The van der Waals surface area contributed by atoms with Crippen molar-refractivity contribution in [2.75, 3.05) is 39.5 Å². The molecule has 2 fully saturated rings. The van der Waals surface area contributed by atoms with Crippen molar-refractivity contribution >= 4 is 18.3 Å². The normalized spacial score (nSPS) is 29.6. The van der Waals surface area contributed by atoms with Gasteiger partial charge in [-0.3, -0.25) is 4.79 Å². The summed E-state index contributed by atoms with van der Waals surface area (Å²) in [6, 6.07) is 0.377. The van der Waals surface area contributed by atoms with Crippen LogP contribution < -0.4 is 5.32 Å². The predicted octanol–water partition coefficient (Wildman–Crippen LogP) is 0.0340. The van der Waals surface area contributed by atoms with Crippen molar-refractivity contribution in [3.63, 3.8) is 0 Å². The van der Waals surface area contributed by atoms with E-state index in [0.717, 1.165) is 13.2 Å². The average Bonchev–Trinajstić information content (AvgIpc) is 2.31. The van der Waals surface area contributed by atoms with Crippen molar-refractivity contribution in [1.29, 1.82) is 0 Å². The zero-order chi connectivity index (χ0) is 11.4. The molecule has 1 N–H and O–H groups in total. The highest BCUT2D eigenvalue weighted by Crippen LogP contribution is 2.10. The first kappa shape index (κ1) is 14.7. The van der Waals surface area contributed by atoms with Crippen LogP contribution in [-0.4, -0.2) is 62.4 Å². The van der Waals surface area contributed by atoms with Gasteiger partial charge in [0.1, 0.15) is 0 Å². The van der Waals surface area contributed by atoms with Crippen LogP contribution in [0.1, 0.15) is 13.3 Å². The largest absolute Gasteiger partial charge is 0.378 e. The lowest BCUT2D eigenvalue weighted by Crippen LogP contribution is -2.50. The fourth-order valence-corrected chi connectivity index (χ4v) is 2.18. The third-order valence-electron chi connectivity index (χ3n) is 3.11. The molecule has 2 heterocycles. The highest BCUT2D eigenvalue weighted by molar-refractivity contribution is 5.85. The molecule has 5 nitrogen and oxygen atoms in total. The van der Waals surface area contributed by atoms with Crippen LogP contribution in [0.25, 0.3) is 0 Å². The van der Waals surface area contributed by atoms with Gasteiger partial charge in [-0.1, -0.05) is 0 Å². The number of rotatable bonds is 2. The highest BCUT2D eigenvalue weighted by Gasteiger charge is 2.26. The summed E-state index contributed by atoms with van der Waals surface area (Å²) < 4.78 is 10.7. The lowest BCUT2D eigenvalue weighted by Gasteiger charge is -2.35. The Bertz CT molecular complexity index is 247. The Morgan fingerprint density at radius 3 is 2.76 bits per heavy atom. The topological polar surface area (TPSA) is 50.8 Å². The van der Waals surface area contributed by atoms with Gasteiger partial charge in [0, 0.05) is 25.6 Å². The van der Waals surface area contributed by atoms with E-state index < -0.39 is 0 Å². The number of nitrogens with zero attached hydrogens (tertiary/aromatic N) is 1. The molecule has 1 amide bonds. The van der Waals surface area contributed by atoms with E-state index in [-0.39, 0.29) is 30.4 Å². The fourth-order valence-electron chi connectivity index (χ4n) is 2.18. The molecule has 6 heteroatoms. The Balaban J connectivity index is 0.00000144. The second-order valence-electron chi connectivity index (χ2n) is 4.44. The highest BCUT2D eigenvalue weighted by atomic mass is 35.5. The molecule has 0 aromatic carbocycles. The molecule has 2 atom stereocenters. The summed E-state index contributed by atoms with van der Waals surface area (Å²) in [5, 5.41) is 3.30. The lowest BCUT2D eigenvalue weighted by molar-refractivity contribution is -0.140. The molecule has 100 valence electrons. The molecule has 0 saturated carbocycles. The van der Waals surface area contributed by atoms with Crippen molar-refractivity contribution in [2.45, 2.75) is 25.4 Å². The van der Waals surface area contributed by atoms with Gasteiger partial charge in [0.25, 0.3) is 0 Å².